The Morgan fingerprint density at radius 3 is 2.76 bits per heavy atom. The number of sulfonamides is 1. The first-order valence-corrected chi connectivity index (χ1v) is 11.0. The van der Waals surface area contributed by atoms with Gasteiger partial charge in [0.25, 0.3) is 5.91 Å². The minimum absolute atomic E-state index is 0.00549. The summed E-state index contributed by atoms with van der Waals surface area (Å²) in [6.07, 6.45) is 9.16. The van der Waals surface area contributed by atoms with E-state index in [2.05, 4.69) is 4.98 Å². The lowest BCUT2D eigenvalue weighted by Gasteiger charge is -2.36. The van der Waals surface area contributed by atoms with Gasteiger partial charge in [-0.2, -0.15) is 4.31 Å². The molecule has 0 unspecified atom stereocenters. The summed E-state index contributed by atoms with van der Waals surface area (Å²) >= 11 is 0. The average molecular weight is 363 g/mol. The minimum atomic E-state index is -3.22. The Morgan fingerprint density at radius 2 is 1.96 bits per heavy atom. The Labute approximate surface area is 149 Å². The molecule has 0 aromatic carbocycles. The first-order chi connectivity index (χ1) is 11.9. The molecule has 3 saturated heterocycles. The van der Waals surface area contributed by atoms with Gasteiger partial charge >= 0.3 is 0 Å². The Hall–Kier alpha value is -1.47. The molecule has 0 radical (unpaired) electrons. The number of carbonyl (C=O) groups is 1. The van der Waals surface area contributed by atoms with Crippen LogP contribution >= 0.6 is 0 Å². The SMILES string of the molecule is CS(=O)(=O)N1C[C@@H]2CC[C@H](C1)N(C(=O)c1cnc3c(c1)CCCC3)C2. The van der Waals surface area contributed by atoms with Crippen molar-refractivity contribution >= 4 is 15.9 Å². The van der Waals surface area contributed by atoms with Crippen LogP contribution in [0.25, 0.3) is 0 Å². The van der Waals surface area contributed by atoms with Crippen LogP contribution in [-0.4, -0.2) is 60.4 Å². The Morgan fingerprint density at radius 1 is 1.16 bits per heavy atom. The molecule has 1 aromatic rings. The molecule has 1 aliphatic carbocycles. The van der Waals surface area contributed by atoms with E-state index in [4.69, 9.17) is 0 Å². The summed E-state index contributed by atoms with van der Waals surface area (Å²) in [6, 6.07) is 1.98. The molecule has 5 rings (SSSR count). The van der Waals surface area contributed by atoms with E-state index in [1.54, 1.807) is 10.5 Å². The molecule has 3 aliphatic heterocycles. The number of pyridine rings is 1. The number of hydrogen-bond donors (Lipinski definition) is 0. The number of piperidine rings is 1. The van der Waals surface area contributed by atoms with Gasteiger partial charge in [0.1, 0.15) is 0 Å². The van der Waals surface area contributed by atoms with Crippen molar-refractivity contribution in [3.8, 4) is 0 Å². The van der Waals surface area contributed by atoms with E-state index in [0.717, 1.165) is 37.8 Å². The van der Waals surface area contributed by atoms with Crippen molar-refractivity contribution in [1.29, 1.82) is 0 Å². The molecular formula is C18H25N3O3S. The highest BCUT2D eigenvalue weighted by atomic mass is 32.2. The van der Waals surface area contributed by atoms with E-state index in [0.29, 0.717) is 25.2 Å². The van der Waals surface area contributed by atoms with Crippen LogP contribution in [0.15, 0.2) is 12.3 Å². The lowest BCUT2D eigenvalue weighted by atomic mass is 9.93. The molecule has 6 nitrogen and oxygen atoms in total. The van der Waals surface area contributed by atoms with Gasteiger partial charge in [-0.05, 0) is 56.1 Å². The molecule has 0 spiro atoms. The van der Waals surface area contributed by atoms with Crippen molar-refractivity contribution in [3.05, 3.63) is 29.1 Å². The smallest absolute Gasteiger partial charge is 0.255 e. The van der Waals surface area contributed by atoms with Crippen molar-refractivity contribution in [2.75, 3.05) is 25.9 Å². The fourth-order valence-electron chi connectivity index (χ4n) is 4.43. The van der Waals surface area contributed by atoms with Crippen LogP contribution in [0.2, 0.25) is 0 Å². The van der Waals surface area contributed by atoms with E-state index in [1.165, 1.54) is 18.2 Å². The number of aromatic nitrogens is 1. The van der Waals surface area contributed by atoms with Crippen molar-refractivity contribution in [3.63, 3.8) is 0 Å². The van der Waals surface area contributed by atoms with Crippen molar-refractivity contribution in [2.24, 2.45) is 5.92 Å². The Bertz CT molecular complexity index is 793. The summed E-state index contributed by atoms with van der Waals surface area (Å²) in [6.45, 7) is 1.59. The first kappa shape index (κ1) is 17.0. The molecule has 25 heavy (non-hydrogen) atoms. The van der Waals surface area contributed by atoms with Gasteiger partial charge < -0.3 is 4.90 Å². The Balaban J connectivity index is 1.58. The standard InChI is InChI=1S/C18H25N3O3S/c1-25(23,24)20-10-13-6-7-16(12-20)21(11-13)18(22)15-8-14-4-2-3-5-17(14)19-9-15/h8-9,13,16H,2-7,10-12H2,1H3/t13-,16+/m0/s1. The summed E-state index contributed by atoms with van der Waals surface area (Å²) in [5, 5.41) is 0. The van der Waals surface area contributed by atoms with Gasteiger partial charge in [0.05, 0.1) is 11.8 Å². The van der Waals surface area contributed by atoms with Crippen LogP contribution in [0, 0.1) is 5.92 Å². The highest BCUT2D eigenvalue weighted by Gasteiger charge is 2.40. The fraction of sp³-hybridized carbons (Fsp3) is 0.667. The molecule has 4 aliphatic rings. The third kappa shape index (κ3) is 3.31. The molecular weight excluding hydrogens is 338 g/mol. The lowest BCUT2D eigenvalue weighted by molar-refractivity contribution is 0.0588. The van der Waals surface area contributed by atoms with Crippen molar-refractivity contribution in [1.82, 2.24) is 14.2 Å². The maximum atomic E-state index is 13.1. The summed E-state index contributed by atoms with van der Waals surface area (Å²) in [5.41, 5.74) is 2.98. The van der Waals surface area contributed by atoms with E-state index in [-0.39, 0.29) is 17.9 Å². The van der Waals surface area contributed by atoms with E-state index >= 15 is 0 Å². The number of amides is 1. The van der Waals surface area contributed by atoms with Crippen LogP contribution in [0.4, 0.5) is 0 Å². The van der Waals surface area contributed by atoms with Gasteiger partial charge in [0.15, 0.2) is 0 Å². The average Bonchev–Trinajstić information content (AvgIpc) is 2.93. The lowest BCUT2D eigenvalue weighted by Crippen LogP contribution is -2.47. The monoisotopic (exact) mass is 363 g/mol. The van der Waals surface area contributed by atoms with Gasteiger partial charge in [-0.3, -0.25) is 9.78 Å². The second-order valence-corrected chi connectivity index (χ2v) is 9.65. The number of fused-ring (bicyclic) bond motifs is 5. The first-order valence-electron chi connectivity index (χ1n) is 9.15. The molecule has 2 bridgehead atoms. The minimum Gasteiger partial charge on any atom is -0.334 e. The molecule has 0 N–H and O–H groups in total. The van der Waals surface area contributed by atoms with E-state index < -0.39 is 10.0 Å². The van der Waals surface area contributed by atoms with Crippen molar-refractivity contribution < 1.29 is 13.2 Å². The largest absolute Gasteiger partial charge is 0.334 e. The topological polar surface area (TPSA) is 70.6 Å². The van der Waals surface area contributed by atoms with Crippen LogP contribution in [0.5, 0.6) is 0 Å². The summed E-state index contributed by atoms with van der Waals surface area (Å²) in [4.78, 5) is 19.5. The van der Waals surface area contributed by atoms with Gasteiger partial charge in [0, 0.05) is 37.6 Å². The predicted octanol–water partition coefficient (Wildman–Crippen LogP) is 1.46. The zero-order chi connectivity index (χ0) is 17.6. The van der Waals surface area contributed by atoms with Gasteiger partial charge in [-0.1, -0.05) is 0 Å². The molecule has 1 aromatic heterocycles. The van der Waals surface area contributed by atoms with Gasteiger partial charge in [-0.25, -0.2) is 8.42 Å². The number of aryl methyl sites for hydroxylation is 2. The molecule has 3 fully saturated rings. The highest BCUT2D eigenvalue weighted by Crippen LogP contribution is 2.30. The van der Waals surface area contributed by atoms with Gasteiger partial charge in [0.2, 0.25) is 10.0 Å². The van der Waals surface area contributed by atoms with E-state index in [1.807, 2.05) is 11.0 Å². The normalized spacial score (nSPS) is 27.0. The molecule has 4 heterocycles. The van der Waals surface area contributed by atoms with Crippen LogP contribution in [0.1, 0.15) is 47.3 Å². The second kappa shape index (κ2) is 6.36. The molecule has 0 saturated carbocycles. The van der Waals surface area contributed by atoms with Crippen LogP contribution in [0.3, 0.4) is 0 Å². The number of rotatable bonds is 2. The highest BCUT2D eigenvalue weighted by molar-refractivity contribution is 7.88. The fourth-order valence-corrected chi connectivity index (χ4v) is 5.35. The maximum Gasteiger partial charge on any atom is 0.255 e. The molecule has 136 valence electrons. The molecule has 1 amide bonds. The number of nitrogens with zero attached hydrogens (tertiary/aromatic N) is 3. The second-order valence-electron chi connectivity index (χ2n) is 7.67. The summed E-state index contributed by atoms with van der Waals surface area (Å²) in [7, 11) is -3.22. The zero-order valence-electron chi connectivity index (χ0n) is 14.6. The summed E-state index contributed by atoms with van der Waals surface area (Å²) < 4.78 is 25.5. The summed E-state index contributed by atoms with van der Waals surface area (Å²) in [5.74, 6) is 0.230. The quantitative estimate of drug-likeness (QED) is 0.798. The third-order valence-corrected chi connectivity index (χ3v) is 7.06. The van der Waals surface area contributed by atoms with Crippen LogP contribution in [-0.2, 0) is 22.9 Å². The van der Waals surface area contributed by atoms with E-state index in [9.17, 15) is 13.2 Å². The third-order valence-electron chi connectivity index (χ3n) is 5.83. The molecule has 2 atom stereocenters. The number of carbonyl (C=O) groups excluding carboxylic acids is 1. The Kier molecular flexibility index (Phi) is 4.32. The van der Waals surface area contributed by atoms with Gasteiger partial charge in [-0.15, -0.1) is 0 Å². The molecule has 7 heteroatoms. The predicted molar refractivity (Wildman–Crippen MR) is 94.8 cm³/mol. The number of hydrogen-bond acceptors (Lipinski definition) is 4. The maximum absolute atomic E-state index is 13.1. The van der Waals surface area contributed by atoms with Crippen molar-refractivity contribution in [2.45, 2.75) is 44.6 Å². The zero-order valence-corrected chi connectivity index (χ0v) is 15.5. The van der Waals surface area contributed by atoms with Crippen LogP contribution < -0.4 is 0 Å².